The van der Waals surface area contributed by atoms with Crippen molar-refractivity contribution in [3.8, 4) is 0 Å². The summed E-state index contributed by atoms with van der Waals surface area (Å²) < 4.78 is 5.34. The van der Waals surface area contributed by atoms with Gasteiger partial charge in [0.15, 0.2) is 0 Å². The van der Waals surface area contributed by atoms with Gasteiger partial charge in [-0.05, 0) is 54.3 Å². The summed E-state index contributed by atoms with van der Waals surface area (Å²) in [5, 5.41) is 4.00. The fraction of sp³-hybridized carbons (Fsp3) is 0.235. The first-order chi connectivity index (χ1) is 10.2. The van der Waals surface area contributed by atoms with E-state index in [1.165, 1.54) is 5.56 Å². The number of esters is 1. The number of nitrogens with one attached hydrogen (secondary N) is 1. The van der Waals surface area contributed by atoms with Crippen LogP contribution in [0.2, 0.25) is 5.02 Å². The molecule has 0 unspecified atom stereocenters. The Bertz CT molecular complexity index is 652. The van der Waals surface area contributed by atoms with Crippen molar-refractivity contribution in [2.24, 2.45) is 0 Å². The van der Waals surface area contributed by atoms with Crippen LogP contribution in [-0.4, -0.2) is 12.5 Å². The number of hydrogen-bond donors (Lipinski definition) is 1. The topological polar surface area (TPSA) is 38.3 Å². The molecule has 2 aromatic rings. The number of hydrogen-bond acceptors (Lipinski definition) is 3. The molecule has 1 aliphatic heterocycles. The van der Waals surface area contributed by atoms with Crippen LogP contribution >= 0.6 is 11.6 Å². The largest absolute Gasteiger partial charge is 0.457 e. The first-order valence-electron chi connectivity index (χ1n) is 7.01. The van der Waals surface area contributed by atoms with Crippen LogP contribution in [0.15, 0.2) is 42.5 Å². The van der Waals surface area contributed by atoms with Crippen LogP contribution < -0.4 is 5.32 Å². The van der Waals surface area contributed by atoms with Crippen molar-refractivity contribution in [2.75, 3.05) is 11.9 Å². The lowest BCUT2D eigenvalue weighted by Gasteiger charge is -2.18. The average molecular weight is 302 g/mol. The zero-order chi connectivity index (χ0) is 14.7. The molecule has 1 aliphatic rings. The standard InChI is InChI=1S/C17H16ClNO2/c18-15-6-3-12(4-7-15)11-21-17(20)14-5-8-16-13(10-14)2-1-9-19-16/h3-8,10,19H,1-2,9,11H2. The van der Waals surface area contributed by atoms with Crippen molar-refractivity contribution < 1.29 is 9.53 Å². The second kappa shape index (κ2) is 6.19. The van der Waals surface area contributed by atoms with E-state index in [-0.39, 0.29) is 12.6 Å². The van der Waals surface area contributed by atoms with E-state index in [1.807, 2.05) is 24.3 Å². The molecule has 0 atom stereocenters. The van der Waals surface area contributed by atoms with Gasteiger partial charge in [0, 0.05) is 17.3 Å². The summed E-state index contributed by atoms with van der Waals surface area (Å²) in [6.07, 6.45) is 2.09. The highest BCUT2D eigenvalue weighted by Gasteiger charge is 2.13. The predicted octanol–water partition coefficient (Wildman–Crippen LogP) is 4.06. The number of fused-ring (bicyclic) bond motifs is 1. The maximum atomic E-state index is 12.1. The lowest BCUT2D eigenvalue weighted by Crippen LogP contribution is -2.13. The van der Waals surface area contributed by atoms with E-state index < -0.39 is 0 Å². The zero-order valence-electron chi connectivity index (χ0n) is 11.6. The molecule has 3 nitrogen and oxygen atoms in total. The Hall–Kier alpha value is -2.00. The van der Waals surface area contributed by atoms with Crippen molar-refractivity contribution in [2.45, 2.75) is 19.4 Å². The van der Waals surface area contributed by atoms with Crippen LogP contribution in [0.5, 0.6) is 0 Å². The van der Waals surface area contributed by atoms with Crippen molar-refractivity contribution in [1.29, 1.82) is 0 Å². The molecule has 1 heterocycles. The molecule has 0 amide bonds. The molecule has 0 aromatic heterocycles. The summed E-state index contributed by atoms with van der Waals surface area (Å²) in [6, 6.07) is 13.0. The van der Waals surface area contributed by atoms with E-state index in [0.29, 0.717) is 10.6 Å². The van der Waals surface area contributed by atoms with Gasteiger partial charge in [-0.2, -0.15) is 0 Å². The third-order valence-corrected chi connectivity index (χ3v) is 3.81. The van der Waals surface area contributed by atoms with E-state index >= 15 is 0 Å². The fourth-order valence-electron chi connectivity index (χ4n) is 2.41. The molecule has 0 saturated heterocycles. The number of aryl methyl sites for hydroxylation is 1. The van der Waals surface area contributed by atoms with Crippen molar-refractivity contribution in [3.63, 3.8) is 0 Å². The summed E-state index contributed by atoms with van der Waals surface area (Å²) in [7, 11) is 0. The van der Waals surface area contributed by atoms with Crippen molar-refractivity contribution in [3.05, 3.63) is 64.2 Å². The van der Waals surface area contributed by atoms with Gasteiger partial charge >= 0.3 is 5.97 Å². The van der Waals surface area contributed by atoms with E-state index in [2.05, 4.69) is 5.32 Å². The molecule has 4 heteroatoms. The van der Waals surface area contributed by atoms with Crippen LogP contribution in [0.25, 0.3) is 0 Å². The number of carbonyl (C=O) groups is 1. The molecule has 0 fully saturated rings. The van der Waals surface area contributed by atoms with E-state index in [4.69, 9.17) is 16.3 Å². The van der Waals surface area contributed by atoms with E-state index in [9.17, 15) is 4.79 Å². The Morgan fingerprint density at radius 3 is 2.81 bits per heavy atom. The second-order valence-electron chi connectivity index (χ2n) is 5.10. The molecule has 108 valence electrons. The van der Waals surface area contributed by atoms with E-state index in [0.717, 1.165) is 30.6 Å². The molecule has 1 N–H and O–H groups in total. The molecular formula is C17H16ClNO2. The lowest BCUT2D eigenvalue weighted by atomic mass is 10.0. The van der Waals surface area contributed by atoms with Gasteiger partial charge in [-0.25, -0.2) is 4.79 Å². The summed E-state index contributed by atoms with van der Waals surface area (Å²) >= 11 is 5.82. The third-order valence-electron chi connectivity index (χ3n) is 3.56. The van der Waals surface area contributed by atoms with Crippen molar-refractivity contribution >= 4 is 23.3 Å². The van der Waals surface area contributed by atoms with Crippen LogP contribution in [0.4, 0.5) is 5.69 Å². The van der Waals surface area contributed by atoms with Gasteiger partial charge in [-0.15, -0.1) is 0 Å². The SMILES string of the molecule is O=C(OCc1ccc(Cl)cc1)c1ccc2c(c1)CCCN2. The Labute approximate surface area is 128 Å². The lowest BCUT2D eigenvalue weighted by molar-refractivity contribution is 0.0472. The summed E-state index contributed by atoms with van der Waals surface area (Å²) in [5.41, 5.74) is 3.83. The quantitative estimate of drug-likeness (QED) is 0.869. The first-order valence-corrected chi connectivity index (χ1v) is 7.38. The van der Waals surface area contributed by atoms with Crippen LogP contribution in [0, 0.1) is 0 Å². The Morgan fingerprint density at radius 1 is 1.19 bits per heavy atom. The highest BCUT2D eigenvalue weighted by atomic mass is 35.5. The molecule has 2 aromatic carbocycles. The number of anilines is 1. The Balaban J connectivity index is 1.66. The molecule has 0 aliphatic carbocycles. The van der Waals surface area contributed by atoms with Crippen LogP contribution in [0.1, 0.15) is 27.9 Å². The highest BCUT2D eigenvalue weighted by molar-refractivity contribution is 6.30. The second-order valence-corrected chi connectivity index (χ2v) is 5.54. The van der Waals surface area contributed by atoms with Crippen LogP contribution in [0.3, 0.4) is 0 Å². The van der Waals surface area contributed by atoms with Crippen molar-refractivity contribution in [1.82, 2.24) is 0 Å². The van der Waals surface area contributed by atoms with Gasteiger partial charge in [0.2, 0.25) is 0 Å². The number of benzene rings is 2. The molecule has 0 saturated carbocycles. The highest BCUT2D eigenvalue weighted by Crippen LogP contribution is 2.23. The first kappa shape index (κ1) is 14.0. The molecule has 0 bridgehead atoms. The fourth-order valence-corrected chi connectivity index (χ4v) is 2.54. The minimum atomic E-state index is -0.293. The van der Waals surface area contributed by atoms with Gasteiger partial charge < -0.3 is 10.1 Å². The number of carbonyl (C=O) groups excluding carboxylic acids is 1. The number of rotatable bonds is 3. The number of ether oxygens (including phenoxy) is 1. The van der Waals surface area contributed by atoms with Gasteiger partial charge in [0.1, 0.15) is 6.61 Å². The maximum absolute atomic E-state index is 12.1. The van der Waals surface area contributed by atoms with Gasteiger partial charge in [0.25, 0.3) is 0 Å². The molecule has 0 spiro atoms. The Kier molecular flexibility index (Phi) is 4.11. The summed E-state index contributed by atoms with van der Waals surface area (Å²) in [4.78, 5) is 12.1. The molecule has 3 rings (SSSR count). The minimum Gasteiger partial charge on any atom is -0.457 e. The zero-order valence-corrected chi connectivity index (χ0v) is 12.3. The van der Waals surface area contributed by atoms with E-state index in [1.54, 1.807) is 18.2 Å². The molecule has 21 heavy (non-hydrogen) atoms. The smallest absolute Gasteiger partial charge is 0.338 e. The monoisotopic (exact) mass is 301 g/mol. The predicted molar refractivity (Wildman–Crippen MR) is 83.8 cm³/mol. The summed E-state index contributed by atoms with van der Waals surface area (Å²) in [5.74, 6) is -0.293. The summed E-state index contributed by atoms with van der Waals surface area (Å²) in [6.45, 7) is 1.25. The minimum absolute atomic E-state index is 0.255. The van der Waals surface area contributed by atoms with Gasteiger partial charge in [0.05, 0.1) is 5.56 Å². The average Bonchev–Trinajstić information content (AvgIpc) is 2.53. The maximum Gasteiger partial charge on any atom is 0.338 e. The molecule has 0 radical (unpaired) electrons. The molecular weight excluding hydrogens is 286 g/mol. The third kappa shape index (κ3) is 3.37. The van der Waals surface area contributed by atoms with Crippen LogP contribution in [-0.2, 0) is 17.8 Å². The Morgan fingerprint density at radius 2 is 2.00 bits per heavy atom. The van der Waals surface area contributed by atoms with Gasteiger partial charge in [-0.1, -0.05) is 23.7 Å². The van der Waals surface area contributed by atoms with Gasteiger partial charge in [-0.3, -0.25) is 0 Å². The normalized spacial score (nSPS) is 13.2. The number of halogens is 1.